The van der Waals surface area contributed by atoms with E-state index in [1.54, 1.807) is 27.7 Å². The number of para-hydroxylation sites is 1. The Kier molecular flexibility index (Phi) is 5.51. The molecule has 0 bridgehead atoms. The fraction of sp³-hybridized carbons (Fsp3) is 0.269. The summed E-state index contributed by atoms with van der Waals surface area (Å²) in [4.78, 5) is 16.0. The van der Waals surface area contributed by atoms with Crippen LogP contribution in [0.15, 0.2) is 70.6 Å². The number of hydrogen-bond donors (Lipinski definition) is 0. The third-order valence-electron chi connectivity index (χ3n) is 6.31. The Morgan fingerprint density at radius 2 is 1.82 bits per heavy atom. The third-order valence-corrected chi connectivity index (χ3v) is 8.50. The van der Waals surface area contributed by atoms with Crippen LogP contribution in [-0.4, -0.2) is 25.3 Å². The number of nitrogens with zero attached hydrogens (tertiary/aromatic N) is 4. The highest BCUT2D eigenvalue weighted by Crippen LogP contribution is 2.37. The van der Waals surface area contributed by atoms with Crippen molar-refractivity contribution in [3.8, 4) is 5.69 Å². The summed E-state index contributed by atoms with van der Waals surface area (Å²) in [5, 5.41) is 10.6. The summed E-state index contributed by atoms with van der Waals surface area (Å²) >= 11 is 3.27. The molecule has 0 radical (unpaired) electrons. The van der Waals surface area contributed by atoms with Crippen LogP contribution < -0.4 is 5.56 Å². The van der Waals surface area contributed by atoms with Gasteiger partial charge in [-0.1, -0.05) is 74.1 Å². The fourth-order valence-corrected chi connectivity index (χ4v) is 6.68. The maximum Gasteiger partial charge on any atom is 0.268 e. The summed E-state index contributed by atoms with van der Waals surface area (Å²) in [7, 11) is 0. The fourth-order valence-electron chi connectivity index (χ4n) is 4.49. The van der Waals surface area contributed by atoms with E-state index in [4.69, 9.17) is 4.74 Å². The molecular formula is C26H24N4O2S2. The predicted molar refractivity (Wildman–Crippen MR) is 137 cm³/mol. The summed E-state index contributed by atoms with van der Waals surface area (Å²) in [5.74, 6) is 1.70. The first-order valence-corrected chi connectivity index (χ1v) is 13.2. The SMILES string of the molecule is CC(C)C1Cc2c(sc3c2c(=O)n(-c2ccccc2)c2nnc(SCc4ccccc4)n32)CO1. The Balaban J connectivity index is 1.59. The van der Waals surface area contributed by atoms with Gasteiger partial charge in [0.05, 0.1) is 23.8 Å². The van der Waals surface area contributed by atoms with Gasteiger partial charge in [-0.25, -0.2) is 8.97 Å². The van der Waals surface area contributed by atoms with Crippen molar-refractivity contribution in [2.24, 2.45) is 5.92 Å². The molecule has 0 saturated carbocycles. The molecule has 0 fully saturated rings. The summed E-state index contributed by atoms with van der Waals surface area (Å²) in [6.45, 7) is 4.88. The Morgan fingerprint density at radius 1 is 1.09 bits per heavy atom. The number of aromatic nitrogens is 4. The molecule has 0 saturated heterocycles. The smallest absolute Gasteiger partial charge is 0.268 e. The summed E-state index contributed by atoms with van der Waals surface area (Å²) in [6.07, 6.45) is 0.857. The number of ether oxygens (including phenoxy) is 1. The molecule has 1 aliphatic rings. The van der Waals surface area contributed by atoms with E-state index in [-0.39, 0.29) is 11.7 Å². The molecule has 1 aliphatic heterocycles. The van der Waals surface area contributed by atoms with Crippen LogP contribution in [0.5, 0.6) is 0 Å². The molecule has 0 N–H and O–H groups in total. The molecule has 172 valence electrons. The van der Waals surface area contributed by atoms with Crippen molar-refractivity contribution in [3.05, 3.63) is 87.0 Å². The van der Waals surface area contributed by atoms with Gasteiger partial charge in [0.2, 0.25) is 5.78 Å². The molecule has 5 aromatic rings. The van der Waals surface area contributed by atoms with Crippen molar-refractivity contribution in [1.29, 1.82) is 0 Å². The van der Waals surface area contributed by atoms with Crippen LogP contribution in [0, 0.1) is 5.92 Å². The first kappa shape index (κ1) is 21.6. The highest BCUT2D eigenvalue weighted by atomic mass is 32.2. The van der Waals surface area contributed by atoms with Crippen molar-refractivity contribution < 1.29 is 4.74 Å². The molecule has 0 spiro atoms. The van der Waals surface area contributed by atoms with Gasteiger partial charge in [0, 0.05) is 17.1 Å². The summed E-state index contributed by atoms with van der Waals surface area (Å²) < 4.78 is 9.90. The van der Waals surface area contributed by atoms with Gasteiger partial charge in [0.1, 0.15) is 4.83 Å². The average Bonchev–Trinajstić information content (AvgIpc) is 3.45. The minimum absolute atomic E-state index is 0.0392. The molecule has 4 heterocycles. The maximum absolute atomic E-state index is 14.0. The molecule has 2 aromatic carbocycles. The van der Waals surface area contributed by atoms with E-state index in [1.165, 1.54) is 5.56 Å². The van der Waals surface area contributed by atoms with Gasteiger partial charge in [0.15, 0.2) is 5.16 Å². The van der Waals surface area contributed by atoms with Crippen molar-refractivity contribution in [2.45, 2.75) is 43.9 Å². The van der Waals surface area contributed by atoms with Crippen LogP contribution in [-0.2, 0) is 23.5 Å². The Hall–Kier alpha value is -2.94. The van der Waals surface area contributed by atoms with E-state index in [0.717, 1.165) is 43.7 Å². The lowest BCUT2D eigenvalue weighted by Gasteiger charge is -2.26. The highest BCUT2D eigenvalue weighted by molar-refractivity contribution is 7.98. The number of hydrogen-bond acceptors (Lipinski definition) is 6. The van der Waals surface area contributed by atoms with Crippen molar-refractivity contribution in [3.63, 3.8) is 0 Å². The van der Waals surface area contributed by atoms with Crippen molar-refractivity contribution in [1.82, 2.24) is 19.2 Å². The number of benzene rings is 2. The molecule has 1 unspecified atom stereocenters. The van der Waals surface area contributed by atoms with Gasteiger partial charge in [-0.3, -0.25) is 4.79 Å². The van der Waals surface area contributed by atoms with Crippen LogP contribution >= 0.6 is 23.1 Å². The molecule has 0 aliphatic carbocycles. The summed E-state index contributed by atoms with van der Waals surface area (Å²) in [5.41, 5.74) is 3.09. The van der Waals surface area contributed by atoms with Gasteiger partial charge in [-0.2, -0.15) is 0 Å². The molecule has 3 aromatic heterocycles. The molecular weight excluding hydrogens is 464 g/mol. The summed E-state index contributed by atoms with van der Waals surface area (Å²) in [6, 6.07) is 20.0. The lowest BCUT2D eigenvalue weighted by atomic mass is 9.96. The van der Waals surface area contributed by atoms with Crippen LogP contribution in [0.25, 0.3) is 21.7 Å². The first-order valence-electron chi connectivity index (χ1n) is 11.4. The van der Waals surface area contributed by atoms with E-state index in [1.807, 2.05) is 48.5 Å². The minimum atomic E-state index is -0.0392. The van der Waals surface area contributed by atoms with Gasteiger partial charge < -0.3 is 4.74 Å². The van der Waals surface area contributed by atoms with Crippen LogP contribution in [0.4, 0.5) is 0 Å². The molecule has 0 amide bonds. The maximum atomic E-state index is 14.0. The Labute approximate surface area is 205 Å². The number of fused-ring (bicyclic) bond motifs is 5. The standard InChI is InChI=1S/C26H24N4O2S2/c1-16(2)20-13-19-21(14-32-20)34-24-22(19)23(31)29(18-11-7-4-8-12-18)25-27-28-26(30(24)25)33-15-17-9-5-3-6-10-17/h3-12,16,20H,13-15H2,1-2H3. The van der Waals surface area contributed by atoms with Gasteiger partial charge in [-0.15, -0.1) is 21.5 Å². The molecule has 8 heteroatoms. The van der Waals surface area contributed by atoms with Gasteiger partial charge in [0.25, 0.3) is 5.56 Å². The molecule has 1 atom stereocenters. The van der Waals surface area contributed by atoms with Crippen LogP contribution in [0.2, 0.25) is 0 Å². The molecule has 6 nitrogen and oxygen atoms in total. The number of thioether (sulfide) groups is 1. The number of thiophene rings is 1. The van der Waals surface area contributed by atoms with E-state index in [2.05, 4.69) is 40.6 Å². The molecule has 6 rings (SSSR count). The van der Waals surface area contributed by atoms with Gasteiger partial charge >= 0.3 is 0 Å². The zero-order valence-electron chi connectivity index (χ0n) is 19.0. The largest absolute Gasteiger partial charge is 0.372 e. The quantitative estimate of drug-likeness (QED) is 0.306. The zero-order valence-corrected chi connectivity index (χ0v) is 20.6. The van der Waals surface area contributed by atoms with E-state index >= 15 is 0 Å². The van der Waals surface area contributed by atoms with E-state index in [0.29, 0.717) is 18.3 Å². The molecule has 34 heavy (non-hydrogen) atoms. The average molecular weight is 489 g/mol. The topological polar surface area (TPSA) is 61.4 Å². The van der Waals surface area contributed by atoms with Crippen LogP contribution in [0.3, 0.4) is 0 Å². The lowest BCUT2D eigenvalue weighted by molar-refractivity contribution is 0.00200. The minimum Gasteiger partial charge on any atom is -0.372 e. The van der Waals surface area contributed by atoms with Crippen molar-refractivity contribution >= 4 is 39.1 Å². The monoisotopic (exact) mass is 488 g/mol. The lowest BCUT2D eigenvalue weighted by Crippen LogP contribution is -2.28. The van der Waals surface area contributed by atoms with Gasteiger partial charge in [-0.05, 0) is 29.2 Å². The van der Waals surface area contributed by atoms with E-state index in [9.17, 15) is 4.79 Å². The second-order valence-electron chi connectivity index (χ2n) is 8.85. The highest BCUT2D eigenvalue weighted by Gasteiger charge is 2.30. The predicted octanol–water partition coefficient (Wildman–Crippen LogP) is 5.48. The normalized spacial score (nSPS) is 15.9. The second-order valence-corrected chi connectivity index (χ2v) is 10.9. The Morgan fingerprint density at radius 3 is 2.56 bits per heavy atom. The third kappa shape index (κ3) is 3.57. The number of rotatable bonds is 5. The second kappa shape index (κ2) is 8.69. The van der Waals surface area contributed by atoms with E-state index < -0.39 is 0 Å². The van der Waals surface area contributed by atoms with Crippen molar-refractivity contribution in [2.75, 3.05) is 0 Å². The zero-order chi connectivity index (χ0) is 23.2. The first-order chi connectivity index (χ1) is 16.6. The Bertz CT molecular complexity index is 1540. The van der Waals surface area contributed by atoms with Crippen LogP contribution in [0.1, 0.15) is 29.9 Å².